The largest absolute Gasteiger partial charge is 0.399 e. The molecule has 1 aliphatic heterocycles. The number of anilines is 2. The molecule has 0 unspecified atom stereocenters. The van der Waals surface area contributed by atoms with Gasteiger partial charge in [0, 0.05) is 35.6 Å². The Morgan fingerprint density at radius 1 is 1.45 bits per heavy atom. The monoisotopic (exact) mass is 288 g/mol. The molecule has 1 aromatic carbocycles. The van der Waals surface area contributed by atoms with Gasteiger partial charge in [0.2, 0.25) is 0 Å². The number of fused-ring (bicyclic) bond motifs is 1. The topological polar surface area (TPSA) is 64.2 Å². The number of aromatic nitrogens is 2. The van der Waals surface area contributed by atoms with Gasteiger partial charge in [-0.15, -0.1) is 11.8 Å². The van der Waals surface area contributed by atoms with Gasteiger partial charge in [-0.25, -0.2) is 0 Å². The first kappa shape index (κ1) is 13.1. The van der Waals surface area contributed by atoms with E-state index in [0.29, 0.717) is 17.8 Å². The SMILES string of the molecule is Cc1c(C(=O)N2CCSc3ccc(N)cc32)cnn1C. The fraction of sp³-hybridized carbons (Fsp3) is 0.286. The van der Waals surface area contributed by atoms with Crippen LogP contribution in [0.3, 0.4) is 0 Å². The van der Waals surface area contributed by atoms with Gasteiger partial charge in [-0.05, 0) is 25.1 Å². The van der Waals surface area contributed by atoms with Gasteiger partial charge in [-0.3, -0.25) is 9.48 Å². The number of carbonyl (C=O) groups is 1. The zero-order chi connectivity index (χ0) is 14.3. The first-order valence-electron chi connectivity index (χ1n) is 6.40. The summed E-state index contributed by atoms with van der Waals surface area (Å²) in [4.78, 5) is 15.6. The summed E-state index contributed by atoms with van der Waals surface area (Å²) in [6.07, 6.45) is 1.63. The summed E-state index contributed by atoms with van der Waals surface area (Å²) >= 11 is 1.75. The summed E-state index contributed by atoms with van der Waals surface area (Å²) in [6, 6.07) is 5.71. The van der Waals surface area contributed by atoms with Crippen LogP contribution in [0.5, 0.6) is 0 Å². The summed E-state index contributed by atoms with van der Waals surface area (Å²) in [6.45, 7) is 2.59. The first-order valence-corrected chi connectivity index (χ1v) is 7.39. The van der Waals surface area contributed by atoms with Gasteiger partial charge in [0.15, 0.2) is 0 Å². The molecule has 0 radical (unpaired) electrons. The summed E-state index contributed by atoms with van der Waals surface area (Å²) in [5.74, 6) is 0.879. The lowest BCUT2D eigenvalue weighted by atomic mass is 10.2. The molecule has 2 aromatic rings. The molecule has 1 aromatic heterocycles. The Morgan fingerprint density at radius 3 is 2.95 bits per heavy atom. The maximum atomic E-state index is 12.7. The first-order chi connectivity index (χ1) is 9.58. The van der Waals surface area contributed by atoms with Crippen LogP contribution in [0.2, 0.25) is 0 Å². The second-order valence-corrected chi connectivity index (χ2v) is 5.94. The molecule has 104 valence electrons. The van der Waals surface area contributed by atoms with E-state index in [9.17, 15) is 4.79 Å². The van der Waals surface area contributed by atoms with E-state index >= 15 is 0 Å². The summed E-state index contributed by atoms with van der Waals surface area (Å²) in [5.41, 5.74) is 8.94. The minimum absolute atomic E-state index is 0.0113. The summed E-state index contributed by atoms with van der Waals surface area (Å²) in [5, 5.41) is 4.14. The van der Waals surface area contributed by atoms with Gasteiger partial charge in [-0.1, -0.05) is 0 Å². The van der Waals surface area contributed by atoms with Crippen molar-refractivity contribution in [3.8, 4) is 0 Å². The summed E-state index contributed by atoms with van der Waals surface area (Å²) < 4.78 is 1.71. The average Bonchev–Trinajstić information content (AvgIpc) is 2.77. The lowest BCUT2D eigenvalue weighted by molar-refractivity contribution is 0.0987. The third-order valence-electron chi connectivity index (χ3n) is 3.56. The van der Waals surface area contributed by atoms with Gasteiger partial charge in [0.25, 0.3) is 5.91 Å². The predicted molar refractivity (Wildman–Crippen MR) is 81.2 cm³/mol. The zero-order valence-corrected chi connectivity index (χ0v) is 12.3. The number of nitrogens with zero attached hydrogens (tertiary/aromatic N) is 3. The smallest absolute Gasteiger partial charge is 0.261 e. The van der Waals surface area contributed by atoms with Gasteiger partial charge in [-0.2, -0.15) is 5.10 Å². The maximum absolute atomic E-state index is 12.7. The number of amides is 1. The minimum atomic E-state index is -0.0113. The van der Waals surface area contributed by atoms with Crippen molar-refractivity contribution in [2.45, 2.75) is 11.8 Å². The third-order valence-corrected chi connectivity index (χ3v) is 4.60. The van der Waals surface area contributed by atoms with Crippen molar-refractivity contribution in [1.29, 1.82) is 0 Å². The number of nitrogen functional groups attached to an aromatic ring is 1. The lowest BCUT2D eigenvalue weighted by Gasteiger charge is -2.29. The second-order valence-electron chi connectivity index (χ2n) is 4.80. The Bertz CT molecular complexity index is 680. The molecule has 2 heterocycles. The van der Waals surface area contributed by atoms with E-state index in [1.807, 2.05) is 32.2 Å². The molecule has 20 heavy (non-hydrogen) atoms. The second kappa shape index (κ2) is 4.86. The van der Waals surface area contributed by atoms with Crippen LogP contribution in [0, 0.1) is 6.92 Å². The molecule has 5 nitrogen and oxygen atoms in total. The number of hydrogen-bond acceptors (Lipinski definition) is 4. The number of thioether (sulfide) groups is 1. The van der Waals surface area contributed by atoms with Crippen molar-refractivity contribution in [2.24, 2.45) is 7.05 Å². The molecule has 0 atom stereocenters. The van der Waals surface area contributed by atoms with Crippen LogP contribution in [0.15, 0.2) is 29.3 Å². The predicted octanol–water partition coefficient (Wildman–Crippen LogP) is 2.06. The van der Waals surface area contributed by atoms with Crippen LogP contribution in [-0.4, -0.2) is 28.0 Å². The van der Waals surface area contributed by atoms with E-state index in [1.54, 1.807) is 27.5 Å². The van der Waals surface area contributed by atoms with Crippen molar-refractivity contribution in [3.63, 3.8) is 0 Å². The van der Waals surface area contributed by atoms with Gasteiger partial charge in [0.1, 0.15) is 0 Å². The molecule has 0 fully saturated rings. The molecule has 0 saturated carbocycles. The lowest BCUT2D eigenvalue weighted by Crippen LogP contribution is -2.35. The number of carbonyl (C=O) groups excluding carboxylic acids is 1. The normalized spacial score (nSPS) is 14.2. The molecule has 0 aliphatic carbocycles. The molecule has 0 spiro atoms. The number of nitrogens with two attached hydrogens (primary N) is 1. The molecular formula is C14H16N4OS. The molecule has 0 saturated heterocycles. The van der Waals surface area contributed by atoms with E-state index < -0.39 is 0 Å². The van der Waals surface area contributed by atoms with E-state index in [4.69, 9.17) is 5.73 Å². The Kier molecular flexibility index (Phi) is 3.17. The molecule has 1 amide bonds. The van der Waals surface area contributed by atoms with Gasteiger partial charge in [0.05, 0.1) is 17.4 Å². The average molecular weight is 288 g/mol. The molecule has 2 N–H and O–H groups in total. The van der Waals surface area contributed by atoms with Crippen molar-refractivity contribution in [3.05, 3.63) is 35.7 Å². The Labute approximate surface area is 121 Å². The van der Waals surface area contributed by atoms with Crippen LogP contribution in [0.4, 0.5) is 11.4 Å². The number of benzene rings is 1. The third kappa shape index (κ3) is 2.06. The zero-order valence-electron chi connectivity index (χ0n) is 11.5. The fourth-order valence-electron chi connectivity index (χ4n) is 2.30. The molecule has 0 bridgehead atoms. The minimum Gasteiger partial charge on any atom is -0.399 e. The van der Waals surface area contributed by atoms with Crippen LogP contribution in [0.1, 0.15) is 16.1 Å². The number of hydrogen-bond donors (Lipinski definition) is 1. The van der Waals surface area contributed by atoms with Crippen molar-refractivity contribution in [1.82, 2.24) is 9.78 Å². The summed E-state index contributed by atoms with van der Waals surface area (Å²) in [7, 11) is 1.84. The van der Waals surface area contributed by atoms with Crippen molar-refractivity contribution in [2.75, 3.05) is 22.9 Å². The molecule has 6 heteroatoms. The number of rotatable bonds is 1. The van der Waals surface area contributed by atoms with Crippen molar-refractivity contribution < 1.29 is 4.79 Å². The highest BCUT2D eigenvalue weighted by atomic mass is 32.2. The highest BCUT2D eigenvalue weighted by Gasteiger charge is 2.26. The highest BCUT2D eigenvalue weighted by Crippen LogP contribution is 2.36. The molecular weight excluding hydrogens is 272 g/mol. The van der Waals surface area contributed by atoms with E-state index in [1.165, 1.54) is 0 Å². The highest BCUT2D eigenvalue weighted by molar-refractivity contribution is 7.99. The van der Waals surface area contributed by atoms with E-state index in [2.05, 4.69) is 5.10 Å². The number of aryl methyl sites for hydroxylation is 1. The Morgan fingerprint density at radius 2 is 2.25 bits per heavy atom. The molecule has 3 rings (SSSR count). The van der Waals surface area contributed by atoms with Crippen molar-refractivity contribution >= 4 is 29.0 Å². The van der Waals surface area contributed by atoms with Gasteiger partial charge < -0.3 is 10.6 Å². The van der Waals surface area contributed by atoms with Crippen LogP contribution in [-0.2, 0) is 7.05 Å². The quantitative estimate of drug-likeness (QED) is 0.816. The van der Waals surface area contributed by atoms with E-state index in [0.717, 1.165) is 22.0 Å². The maximum Gasteiger partial charge on any atom is 0.261 e. The van der Waals surface area contributed by atoms with Crippen LogP contribution < -0.4 is 10.6 Å². The Hall–Kier alpha value is -1.95. The fourth-order valence-corrected chi connectivity index (χ4v) is 3.27. The van der Waals surface area contributed by atoms with Gasteiger partial charge >= 0.3 is 0 Å². The Balaban J connectivity index is 2.02. The molecule has 1 aliphatic rings. The van der Waals surface area contributed by atoms with Crippen LogP contribution >= 0.6 is 11.8 Å². The standard InChI is InChI=1S/C14H16N4OS/c1-9-11(8-16-17(9)2)14(19)18-5-6-20-13-4-3-10(15)7-12(13)18/h3-4,7-8H,5-6,15H2,1-2H3. The van der Waals surface area contributed by atoms with Crippen LogP contribution in [0.25, 0.3) is 0 Å². The van der Waals surface area contributed by atoms with E-state index in [-0.39, 0.29) is 5.91 Å².